The Morgan fingerprint density at radius 1 is 1.07 bits per heavy atom. The van der Waals surface area contributed by atoms with Crippen molar-refractivity contribution in [2.45, 2.75) is 33.7 Å². The minimum Gasteiger partial charge on any atom is -0.494 e. The average Bonchev–Trinajstić information content (AvgIpc) is 2.64. The summed E-state index contributed by atoms with van der Waals surface area (Å²) in [6.45, 7) is 7.70. The van der Waals surface area contributed by atoms with Crippen molar-refractivity contribution in [3.63, 3.8) is 0 Å². The number of nitrogens with one attached hydrogen (secondary N) is 1. The lowest BCUT2D eigenvalue weighted by Gasteiger charge is -2.29. The third-order valence-electron chi connectivity index (χ3n) is 4.74. The van der Waals surface area contributed by atoms with E-state index in [9.17, 15) is 9.59 Å². The van der Waals surface area contributed by atoms with Gasteiger partial charge in [0.15, 0.2) is 0 Å². The maximum atomic E-state index is 12.6. The van der Waals surface area contributed by atoms with Crippen molar-refractivity contribution >= 4 is 11.8 Å². The minimum absolute atomic E-state index is 0.00626. The van der Waals surface area contributed by atoms with Gasteiger partial charge in [-0.05, 0) is 62.6 Å². The van der Waals surface area contributed by atoms with E-state index < -0.39 is 0 Å². The van der Waals surface area contributed by atoms with Gasteiger partial charge < -0.3 is 15.0 Å². The van der Waals surface area contributed by atoms with E-state index >= 15 is 0 Å². The number of aryl methyl sites for hydroxylation is 2. The molecule has 0 radical (unpaired) electrons. The summed E-state index contributed by atoms with van der Waals surface area (Å²) in [4.78, 5) is 26.7. The summed E-state index contributed by atoms with van der Waals surface area (Å²) in [5.41, 5.74) is 5.02. The number of hydrogen-bond acceptors (Lipinski definition) is 3. The number of hydrogen-bond donors (Lipinski definition) is 1. The molecule has 2 aromatic carbocycles. The largest absolute Gasteiger partial charge is 0.494 e. The molecule has 5 heteroatoms. The molecule has 1 heterocycles. The maximum Gasteiger partial charge on any atom is 0.251 e. The van der Waals surface area contributed by atoms with Gasteiger partial charge in [-0.3, -0.25) is 9.59 Å². The summed E-state index contributed by atoms with van der Waals surface area (Å²) < 4.78 is 5.55. The molecular weight excluding hydrogens is 340 g/mol. The van der Waals surface area contributed by atoms with Gasteiger partial charge in [0.2, 0.25) is 5.91 Å². The molecule has 27 heavy (non-hydrogen) atoms. The van der Waals surface area contributed by atoms with Crippen molar-refractivity contribution < 1.29 is 14.3 Å². The van der Waals surface area contributed by atoms with Crippen LogP contribution in [0.25, 0.3) is 0 Å². The van der Waals surface area contributed by atoms with E-state index in [2.05, 4.69) is 11.4 Å². The average molecular weight is 366 g/mol. The maximum absolute atomic E-state index is 12.6. The second-order valence-electron chi connectivity index (χ2n) is 6.99. The molecule has 3 rings (SSSR count). The van der Waals surface area contributed by atoms with Crippen LogP contribution >= 0.6 is 0 Å². The highest BCUT2D eigenvalue weighted by Gasteiger charge is 2.21. The van der Waals surface area contributed by atoms with Crippen LogP contribution in [0.4, 0.5) is 0 Å². The van der Waals surface area contributed by atoms with Gasteiger partial charge in [0.05, 0.1) is 13.2 Å². The molecule has 0 aliphatic carbocycles. The third-order valence-corrected chi connectivity index (χ3v) is 4.74. The van der Waals surface area contributed by atoms with Crippen molar-refractivity contribution in [2.24, 2.45) is 0 Å². The molecule has 0 bridgehead atoms. The Kier molecular flexibility index (Phi) is 5.79. The standard InChI is InChI=1S/C22H26N2O3/c1-4-27-20-6-5-17-7-8-24(14-19(17)12-20)21(25)13-23-22(26)18-10-15(2)9-16(3)11-18/h5-6,9-12H,4,7-8,13-14H2,1-3H3,(H,23,26). The predicted octanol–water partition coefficient (Wildman–Crippen LogP) is 3.02. The molecule has 0 atom stereocenters. The minimum atomic E-state index is -0.216. The van der Waals surface area contributed by atoms with Crippen LogP contribution in [0.2, 0.25) is 0 Å². The first-order valence-electron chi connectivity index (χ1n) is 9.35. The van der Waals surface area contributed by atoms with E-state index in [-0.39, 0.29) is 18.4 Å². The quantitative estimate of drug-likeness (QED) is 0.885. The van der Waals surface area contributed by atoms with Crippen LogP contribution in [0.5, 0.6) is 5.75 Å². The first kappa shape index (κ1) is 19.0. The number of benzene rings is 2. The van der Waals surface area contributed by atoms with Crippen molar-refractivity contribution in [1.29, 1.82) is 0 Å². The lowest BCUT2D eigenvalue weighted by molar-refractivity contribution is -0.131. The summed E-state index contributed by atoms with van der Waals surface area (Å²) in [6, 6.07) is 11.7. The van der Waals surface area contributed by atoms with E-state index in [0.29, 0.717) is 25.3 Å². The molecule has 5 nitrogen and oxygen atoms in total. The van der Waals surface area contributed by atoms with Gasteiger partial charge in [-0.15, -0.1) is 0 Å². The highest BCUT2D eigenvalue weighted by atomic mass is 16.5. The van der Waals surface area contributed by atoms with Crippen molar-refractivity contribution in [3.8, 4) is 5.75 Å². The summed E-state index contributed by atoms with van der Waals surface area (Å²) >= 11 is 0. The van der Waals surface area contributed by atoms with Gasteiger partial charge in [0, 0.05) is 18.7 Å². The Hall–Kier alpha value is -2.82. The number of ether oxygens (including phenoxy) is 1. The Morgan fingerprint density at radius 3 is 2.52 bits per heavy atom. The lowest BCUT2D eigenvalue weighted by atomic mass is 9.99. The lowest BCUT2D eigenvalue weighted by Crippen LogP contribution is -2.42. The predicted molar refractivity (Wildman–Crippen MR) is 105 cm³/mol. The van der Waals surface area contributed by atoms with E-state index in [0.717, 1.165) is 28.9 Å². The summed E-state index contributed by atoms with van der Waals surface area (Å²) in [7, 11) is 0. The van der Waals surface area contributed by atoms with Crippen LogP contribution in [0, 0.1) is 13.8 Å². The topological polar surface area (TPSA) is 58.6 Å². The van der Waals surface area contributed by atoms with Crippen LogP contribution < -0.4 is 10.1 Å². The molecule has 142 valence electrons. The first-order valence-corrected chi connectivity index (χ1v) is 9.35. The Labute approximate surface area is 160 Å². The van der Waals surface area contributed by atoms with E-state index in [1.807, 2.05) is 51.1 Å². The van der Waals surface area contributed by atoms with E-state index in [1.54, 1.807) is 4.90 Å². The number of carbonyl (C=O) groups excluding carboxylic acids is 2. The molecule has 1 N–H and O–H groups in total. The summed E-state index contributed by atoms with van der Waals surface area (Å²) in [5.74, 6) is 0.542. The zero-order valence-electron chi connectivity index (χ0n) is 16.2. The number of fused-ring (bicyclic) bond motifs is 1. The smallest absolute Gasteiger partial charge is 0.251 e. The fourth-order valence-corrected chi connectivity index (χ4v) is 3.48. The van der Waals surface area contributed by atoms with Crippen LogP contribution in [0.3, 0.4) is 0 Å². The van der Waals surface area contributed by atoms with Crippen molar-refractivity contribution in [3.05, 3.63) is 64.2 Å². The molecule has 1 aliphatic rings. The van der Waals surface area contributed by atoms with E-state index in [1.165, 1.54) is 5.56 Å². The Morgan fingerprint density at radius 2 is 1.81 bits per heavy atom. The molecule has 0 spiro atoms. The fourth-order valence-electron chi connectivity index (χ4n) is 3.48. The Balaban J connectivity index is 1.60. The second-order valence-corrected chi connectivity index (χ2v) is 6.99. The second kappa shape index (κ2) is 8.25. The summed E-state index contributed by atoms with van der Waals surface area (Å²) in [6.07, 6.45) is 0.818. The van der Waals surface area contributed by atoms with Gasteiger partial charge in [0.25, 0.3) is 5.91 Å². The molecule has 0 fully saturated rings. The van der Waals surface area contributed by atoms with Crippen LogP contribution in [-0.4, -0.2) is 36.4 Å². The van der Waals surface area contributed by atoms with Gasteiger partial charge >= 0.3 is 0 Å². The summed E-state index contributed by atoms with van der Waals surface area (Å²) in [5, 5.41) is 2.75. The normalized spacial score (nSPS) is 13.1. The zero-order valence-corrected chi connectivity index (χ0v) is 16.2. The van der Waals surface area contributed by atoms with Crippen molar-refractivity contribution in [1.82, 2.24) is 10.2 Å². The molecular formula is C22H26N2O3. The number of carbonyl (C=O) groups is 2. The molecule has 0 aromatic heterocycles. The molecule has 0 saturated carbocycles. The molecule has 0 saturated heterocycles. The van der Waals surface area contributed by atoms with Crippen molar-refractivity contribution in [2.75, 3.05) is 19.7 Å². The first-order chi connectivity index (χ1) is 13.0. The zero-order chi connectivity index (χ0) is 19.4. The SMILES string of the molecule is CCOc1ccc2c(c1)CN(C(=O)CNC(=O)c1cc(C)cc(C)c1)CC2. The highest BCUT2D eigenvalue weighted by Crippen LogP contribution is 2.24. The fraction of sp³-hybridized carbons (Fsp3) is 0.364. The molecule has 1 aliphatic heterocycles. The highest BCUT2D eigenvalue weighted by molar-refractivity contribution is 5.96. The number of amides is 2. The number of nitrogens with zero attached hydrogens (tertiary/aromatic N) is 1. The van der Waals surface area contributed by atoms with Crippen LogP contribution in [0.15, 0.2) is 36.4 Å². The van der Waals surface area contributed by atoms with Crippen LogP contribution in [-0.2, 0) is 17.8 Å². The van der Waals surface area contributed by atoms with E-state index in [4.69, 9.17) is 4.74 Å². The van der Waals surface area contributed by atoms with Crippen LogP contribution in [0.1, 0.15) is 39.5 Å². The van der Waals surface area contributed by atoms with Gasteiger partial charge in [-0.25, -0.2) is 0 Å². The van der Waals surface area contributed by atoms with Gasteiger partial charge in [-0.2, -0.15) is 0 Å². The molecule has 2 amide bonds. The molecule has 0 unspecified atom stereocenters. The number of rotatable bonds is 5. The van der Waals surface area contributed by atoms with Gasteiger partial charge in [0.1, 0.15) is 5.75 Å². The Bertz CT molecular complexity index is 840. The third kappa shape index (κ3) is 4.67. The molecule has 2 aromatic rings. The monoisotopic (exact) mass is 366 g/mol. The van der Waals surface area contributed by atoms with Gasteiger partial charge in [-0.1, -0.05) is 23.3 Å².